The number of aromatic nitrogens is 1. The highest BCUT2D eigenvalue weighted by Gasteiger charge is 2.11. The standard InChI is InChI=1S/C13H19N3.2ClH/c14-13-7-2-1-6-12(16-13)9-8-11-5-3-4-10-15-11;;/h1-2,6-7,11,14-15H,3-5,8-10H2;2*1H/p+1. The van der Waals surface area contributed by atoms with Crippen molar-refractivity contribution in [3.63, 3.8) is 0 Å². The number of piperidine rings is 1. The molecule has 2 rings (SSSR count). The molecule has 0 amide bonds. The average molecular weight is 291 g/mol. The predicted octanol–water partition coefficient (Wildman–Crippen LogP) is 2.59. The van der Waals surface area contributed by atoms with E-state index in [-0.39, 0.29) is 26.2 Å². The molecule has 2 heterocycles. The van der Waals surface area contributed by atoms with Crippen LogP contribution in [0.5, 0.6) is 0 Å². The van der Waals surface area contributed by atoms with Crippen LogP contribution in [0.15, 0.2) is 24.3 Å². The normalized spacial score (nSPS) is 18.3. The van der Waals surface area contributed by atoms with Crippen molar-refractivity contribution < 1.29 is 1.43 Å². The van der Waals surface area contributed by atoms with Gasteiger partial charge in [0.05, 0.1) is 0 Å². The molecule has 0 aliphatic carbocycles. The summed E-state index contributed by atoms with van der Waals surface area (Å²) >= 11 is 0. The van der Waals surface area contributed by atoms with Gasteiger partial charge in [0, 0.05) is 11.7 Å². The van der Waals surface area contributed by atoms with Gasteiger partial charge in [-0.05, 0) is 44.4 Å². The van der Waals surface area contributed by atoms with Gasteiger partial charge in [-0.15, -0.1) is 24.8 Å². The van der Waals surface area contributed by atoms with Crippen LogP contribution in [0.3, 0.4) is 0 Å². The minimum Gasteiger partial charge on any atom is -0.314 e. The molecule has 1 aliphatic heterocycles. The third kappa shape index (κ3) is 5.80. The van der Waals surface area contributed by atoms with E-state index < -0.39 is 0 Å². The second-order valence-electron chi connectivity index (χ2n) is 4.39. The Kier molecular flexibility index (Phi) is 8.98. The number of aryl methyl sites for hydroxylation is 1. The van der Waals surface area contributed by atoms with E-state index in [0.717, 1.165) is 25.1 Å². The molecular formula is C13H22Cl2N3+. The lowest BCUT2D eigenvalue weighted by Crippen LogP contribution is -2.34. The van der Waals surface area contributed by atoms with Crippen LogP contribution in [-0.4, -0.2) is 17.6 Å². The lowest BCUT2D eigenvalue weighted by atomic mass is 10.00. The van der Waals surface area contributed by atoms with Crippen LogP contribution >= 0.6 is 24.8 Å². The fourth-order valence-electron chi connectivity index (χ4n) is 2.17. The molecule has 1 aromatic heterocycles. The number of hydrogen-bond donors (Lipinski definition) is 2. The van der Waals surface area contributed by atoms with Gasteiger partial charge in [0.15, 0.2) is 0 Å². The largest absolute Gasteiger partial charge is 1.00 e. The minimum atomic E-state index is 0. The zero-order valence-corrected chi connectivity index (χ0v) is 12.0. The SMILES string of the molecule is Cl.Cl.N=c1ccccc(CCC2CCCCN2)n1.[H+]. The summed E-state index contributed by atoms with van der Waals surface area (Å²) in [5, 5.41) is 11.1. The third-order valence-electron chi connectivity index (χ3n) is 3.08. The Morgan fingerprint density at radius 1 is 1.28 bits per heavy atom. The first-order valence-electron chi connectivity index (χ1n) is 6.09. The van der Waals surface area contributed by atoms with E-state index in [2.05, 4.69) is 10.3 Å². The molecular weight excluding hydrogens is 269 g/mol. The molecule has 0 spiro atoms. The van der Waals surface area contributed by atoms with Gasteiger partial charge in [-0.25, -0.2) is 4.98 Å². The zero-order valence-electron chi connectivity index (χ0n) is 11.4. The van der Waals surface area contributed by atoms with Gasteiger partial charge in [0.1, 0.15) is 5.49 Å². The molecule has 2 N–H and O–H groups in total. The topological polar surface area (TPSA) is 48.8 Å². The zero-order chi connectivity index (χ0) is 11.2. The Labute approximate surface area is 122 Å². The van der Waals surface area contributed by atoms with Gasteiger partial charge < -0.3 is 5.32 Å². The van der Waals surface area contributed by atoms with Crippen LogP contribution < -0.4 is 10.8 Å². The van der Waals surface area contributed by atoms with E-state index in [1.807, 2.05) is 18.2 Å². The quantitative estimate of drug-likeness (QED) is 0.899. The van der Waals surface area contributed by atoms with Crippen LogP contribution in [-0.2, 0) is 6.42 Å². The molecule has 5 heteroatoms. The van der Waals surface area contributed by atoms with Crippen molar-refractivity contribution in [1.82, 2.24) is 10.3 Å². The van der Waals surface area contributed by atoms with E-state index in [4.69, 9.17) is 5.41 Å². The number of nitrogens with one attached hydrogen (secondary N) is 2. The van der Waals surface area contributed by atoms with Crippen LogP contribution in [0.25, 0.3) is 0 Å². The van der Waals surface area contributed by atoms with Gasteiger partial charge in [-0.3, -0.25) is 5.41 Å². The fraction of sp³-hybridized carbons (Fsp3) is 0.538. The second-order valence-corrected chi connectivity index (χ2v) is 4.39. The molecule has 3 nitrogen and oxygen atoms in total. The van der Waals surface area contributed by atoms with Gasteiger partial charge in [0.2, 0.25) is 0 Å². The van der Waals surface area contributed by atoms with E-state index in [9.17, 15) is 0 Å². The van der Waals surface area contributed by atoms with Gasteiger partial charge >= 0.3 is 1.43 Å². The molecule has 1 unspecified atom stereocenters. The number of nitrogens with zero attached hydrogens (tertiary/aromatic N) is 1. The van der Waals surface area contributed by atoms with Crippen LogP contribution in [0.2, 0.25) is 0 Å². The summed E-state index contributed by atoms with van der Waals surface area (Å²) in [5.41, 5.74) is 1.39. The van der Waals surface area contributed by atoms with Crippen molar-refractivity contribution in [2.75, 3.05) is 6.54 Å². The van der Waals surface area contributed by atoms with Gasteiger partial charge in [-0.1, -0.05) is 18.6 Å². The van der Waals surface area contributed by atoms with E-state index in [1.165, 1.54) is 19.3 Å². The lowest BCUT2D eigenvalue weighted by Gasteiger charge is -2.22. The van der Waals surface area contributed by atoms with E-state index in [0.29, 0.717) is 11.5 Å². The molecule has 1 aliphatic rings. The maximum Gasteiger partial charge on any atom is 1.00 e. The van der Waals surface area contributed by atoms with E-state index in [1.54, 1.807) is 6.07 Å². The van der Waals surface area contributed by atoms with Gasteiger partial charge in [0.25, 0.3) is 0 Å². The van der Waals surface area contributed by atoms with Crippen molar-refractivity contribution in [2.24, 2.45) is 0 Å². The predicted molar refractivity (Wildman–Crippen MR) is 79.7 cm³/mol. The summed E-state index contributed by atoms with van der Waals surface area (Å²) in [6, 6.07) is 8.23. The van der Waals surface area contributed by atoms with Crippen molar-refractivity contribution in [3.05, 3.63) is 35.4 Å². The summed E-state index contributed by atoms with van der Waals surface area (Å²) in [4.78, 5) is 4.26. The van der Waals surface area contributed by atoms with Crippen molar-refractivity contribution >= 4 is 24.8 Å². The summed E-state index contributed by atoms with van der Waals surface area (Å²) in [5.74, 6) is 0. The first-order chi connectivity index (χ1) is 7.84. The average Bonchev–Trinajstić information content (AvgIpc) is 2.52. The lowest BCUT2D eigenvalue weighted by molar-refractivity contribution is 0.382. The molecule has 18 heavy (non-hydrogen) atoms. The van der Waals surface area contributed by atoms with Crippen molar-refractivity contribution in [3.8, 4) is 0 Å². The fourth-order valence-corrected chi connectivity index (χ4v) is 2.17. The first-order valence-corrected chi connectivity index (χ1v) is 6.09. The summed E-state index contributed by atoms with van der Waals surface area (Å²) in [6.45, 7) is 1.16. The molecule has 0 saturated carbocycles. The molecule has 0 aromatic carbocycles. The molecule has 102 valence electrons. The highest BCUT2D eigenvalue weighted by atomic mass is 35.5. The molecule has 1 atom stereocenters. The van der Waals surface area contributed by atoms with Crippen molar-refractivity contribution in [2.45, 2.75) is 38.1 Å². The number of hydrogen-bond acceptors (Lipinski definition) is 3. The maximum atomic E-state index is 7.55. The summed E-state index contributed by atoms with van der Waals surface area (Å²) in [6.07, 6.45) is 6.05. The minimum absolute atomic E-state index is 0. The van der Waals surface area contributed by atoms with Crippen LogP contribution in [0.4, 0.5) is 0 Å². The molecule has 1 saturated heterocycles. The number of halogens is 2. The Bertz CT molecular complexity index is 398. The van der Waals surface area contributed by atoms with Gasteiger partial charge in [-0.2, -0.15) is 0 Å². The molecule has 0 bridgehead atoms. The first kappa shape index (κ1) is 17.4. The van der Waals surface area contributed by atoms with E-state index >= 15 is 0 Å². The van der Waals surface area contributed by atoms with Crippen LogP contribution in [0, 0.1) is 5.41 Å². The second kappa shape index (κ2) is 9.31. The van der Waals surface area contributed by atoms with Crippen LogP contribution in [0.1, 0.15) is 32.8 Å². The maximum absolute atomic E-state index is 7.55. The third-order valence-corrected chi connectivity index (χ3v) is 3.08. The Balaban J connectivity index is 0. The number of rotatable bonds is 3. The summed E-state index contributed by atoms with van der Waals surface area (Å²) < 4.78 is 0. The Morgan fingerprint density at radius 2 is 2.06 bits per heavy atom. The summed E-state index contributed by atoms with van der Waals surface area (Å²) in [7, 11) is 0. The Hall–Kier alpha value is -0.640. The Morgan fingerprint density at radius 3 is 2.78 bits per heavy atom. The molecule has 1 aromatic rings. The highest BCUT2D eigenvalue weighted by Crippen LogP contribution is 2.11. The van der Waals surface area contributed by atoms with Crippen molar-refractivity contribution in [1.29, 1.82) is 5.41 Å². The monoisotopic (exact) mass is 290 g/mol. The highest BCUT2D eigenvalue weighted by molar-refractivity contribution is 5.85. The molecule has 0 radical (unpaired) electrons. The molecule has 1 fully saturated rings. The smallest absolute Gasteiger partial charge is 0.314 e.